The summed E-state index contributed by atoms with van der Waals surface area (Å²) in [4.78, 5) is 39.1. The van der Waals surface area contributed by atoms with Gasteiger partial charge in [-0.2, -0.15) is 0 Å². The van der Waals surface area contributed by atoms with Gasteiger partial charge in [0, 0.05) is 5.02 Å². The molecule has 4 rings (SSSR count). The molecule has 0 spiro atoms. The highest BCUT2D eigenvalue weighted by molar-refractivity contribution is 7.12. The van der Waals surface area contributed by atoms with Crippen molar-refractivity contribution in [3.8, 4) is 5.75 Å². The van der Waals surface area contributed by atoms with Gasteiger partial charge < -0.3 is 4.74 Å². The fourth-order valence-corrected chi connectivity index (χ4v) is 3.47. The van der Waals surface area contributed by atoms with Crippen molar-refractivity contribution < 1.29 is 19.1 Å². The van der Waals surface area contributed by atoms with E-state index in [4.69, 9.17) is 16.3 Å². The Morgan fingerprint density at radius 1 is 0.962 bits per heavy atom. The molecule has 0 atom stereocenters. The van der Waals surface area contributed by atoms with Crippen molar-refractivity contribution in [2.24, 2.45) is 0 Å². The lowest BCUT2D eigenvalue weighted by molar-refractivity contribution is 0.0736. The standard InChI is InChI=1S/C19H10ClNO4S/c20-11-7-8-15(25-19(24)16-6-3-9-26-16)14(10-11)21-17(22)12-4-1-2-5-13(12)18(21)23/h1-10H. The maximum Gasteiger partial charge on any atom is 0.353 e. The summed E-state index contributed by atoms with van der Waals surface area (Å²) in [5, 5.41) is 2.07. The van der Waals surface area contributed by atoms with E-state index < -0.39 is 17.8 Å². The Kier molecular flexibility index (Phi) is 4.06. The van der Waals surface area contributed by atoms with Gasteiger partial charge in [-0.15, -0.1) is 11.3 Å². The zero-order valence-electron chi connectivity index (χ0n) is 13.1. The number of amides is 2. The molecule has 1 aromatic heterocycles. The van der Waals surface area contributed by atoms with E-state index in [-0.39, 0.29) is 11.4 Å². The first-order valence-electron chi connectivity index (χ1n) is 7.59. The SMILES string of the molecule is O=C(Oc1ccc(Cl)cc1N1C(=O)c2ccccc2C1=O)c1cccs1. The molecule has 0 fully saturated rings. The van der Waals surface area contributed by atoms with E-state index in [1.54, 1.807) is 41.8 Å². The first-order valence-corrected chi connectivity index (χ1v) is 8.85. The molecule has 128 valence electrons. The summed E-state index contributed by atoms with van der Waals surface area (Å²) in [5.41, 5.74) is 0.731. The summed E-state index contributed by atoms with van der Waals surface area (Å²) in [6.45, 7) is 0. The molecule has 0 aliphatic carbocycles. The lowest BCUT2D eigenvalue weighted by atomic mass is 10.1. The number of hydrogen-bond donors (Lipinski definition) is 0. The fourth-order valence-electron chi connectivity index (χ4n) is 2.70. The number of imide groups is 1. The summed E-state index contributed by atoms with van der Waals surface area (Å²) in [6, 6.07) is 14.3. The number of benzene rings is 2. The van der Waals surface area contributed by atoms with Gasteiger partial charge in [0.2, 0.25) is 0 Å². The maximum atomic E-state index is 12.7. The number of ether oxygens (including phenoxy) is 1. The van der Waals surface area contributed by atoms with E-state index in [2.05, 4.69) is 0 Å². The van der Waals surface area contributed by atoms with Gasteiger partial charge in [0.05, 0.1) is 16.8 Å². The van der Waals surface area contributed by atoms with Crippen LogP contribution in [-0.4, -0.2) is 17.8 Å². The monoisotopic (exact) mass is 383 g/mol. The van der Waals surface area contributed by atoms with Crippen LogP contribution in [-0.2, 0) is 0 Å². The van der Waals surface area contributed by atoms with Gasteiger partial charge in [-0.05, 0) is 41.8 Å². The Bertz CT molecular complexity index is 1010. The van der Waals surface area contributed by atoms with Crippen LogP contribution in [0.5, 0.6) is 5.75 Å². The number of nitrogens with zero attached hydrogens (tertiary/aromatic N) is 1. The van der Waals surface area contributed by atoms with Gasteiger partial charge in [-0.1, -0.05) is 29.8 Å². The normalized spacial score (nSPS) is 13.0. The molecule has 0 saturated carbocycles. The number of anilines is 1. The minimum atomic E-state index is -0.569. The van der Waals surface area contributed by atoms with Gasteiger partial charge in [0.15, 0.2) is 5.75 Å². The molecule has 0 radical (unpaired) electrons. The molecule has 2 aromatic carbocycles. The smallest absolute Gasteiger partial charge is 0.353 e. The van der Waals surface area contributed by atoms with Crippen LogP contribution < -0.4 is 9.64 Å². The second kappa shape index (κ2) is 6.40. The van der Waals surface area contributed by atoms with Crippen molar-refractivity contribution in [3.05, 3.63) is 81.0 Å². The highest BCUT2D eigenvalue weighted by atomic mass is 35.5. The number of fused-ring (bicyclic) bond motifs is 1. The average Bonchev–Trinajstić information content (AvgIpc) is 3.25. The molecule has 2 heterocycles. The quantitative estimate of drug-likeness (QED) is 0.381. The Morgan fingerprint density at radius 3 is 2.27 bits per heavy atom. The first-order chi connectivity index (χ1) is 12.6. The van der Waals surface area contributed by atoms with Crippen LogP contribution in [0.15, 0.2) is 60.0 Å². The molecule has 3 aromatic rings. The molecule has 2 amide bonds. The molecule has 26 heavy (non-hydrogen) atoms. The van der Waals surface area contributed by atoms with Gasteiger partial charge in [-0.25, -0.2) is 9.69 Å². The molecule has 5 nitrogen and oxygen atoms in total. The van der Waals surface area contributed by atoms with Crippen LogP contribution >= 0.6 is 22.9 Å². The first kappa shape index (κ1) is 16.5. The molecule has 1 aliphatic rings. The summed E-state index contributed by atoms with van der Waals surface area (Å²) in [6.07, 6.45) is 0. The van der Waals surface area contributed by atoms with Crippen molar-refractivity contribution in [2.45, 2.75) is 0 Å². The lowest BCUT2D eigenvalue weighted by Gasteiger charge is -2.18. The number of hydrogen-bond acceptors (Lipinski definition) is 5. The molecule has 0 N–H and O–H groups in total. The fraction of sp³-hybridized carbons (Fsp3) is 0. The lowest BCUT2D eigenvalue weighted by Crippen LogP contribution is -2.30. The van der Waals surface area contributed by atoms with Gasteiger partial charge >= 0.3 is 5.97 Å². The number of rotatable bonds is 3. The van der Waals surface area contributed by atoms with Gasteiger partial charge in [0.1, 0.15) is 4.88 Å². The third-order valence-electron chi connectivity index (χ3n) is 3.88. The predicted octanol–water partition coefficient (Wildman–Crippen LogP) is 4.42. The van der Waals surface area contributed by atoms with Gasteiger partial charge in [0.25, 0.3) is 11.8 Å². The maximum absolute atomic E-state index is 12.7. The van der Waals surface area contributed by atoms with E-state index in [0.29, 0.717) is 21.0 Å². The molecule has 0 bridgehead atoms. The highest BCUT2D eigenvalue weighted by Gasteiger charge is 2.38. The van der Waals surface area contributed by atoms with Crippen LogP contribution in [0.2, 0.25) is 5.02 Å². The van der Waals surface area contributed by atoms with Crippen LogP contribution in [0.25, 0.3) is 0 Å². The zero-order valence-corrected chi connectivity index (χ0v) is 14.7. The number of carbonyl (C=O) groups is 3. The molecule has 0 unspecified atom stereocenters. The summed E-state index contributed by atoms with van der Waals surface area (Å²) >= 11 is 7.28. The third-order valence-corrected chi connectivity index (χ3v) is 4.97. The van der Waals surface area contributed by atoms with E-state index in [1.165, 1.54) is 29.5 Å². The molecular formula is C19H10ClNO4S. The van der Waals surface area contributed by atoms with Crippen molar-refractivity contribution in [3.63, 3.8) is 0 Å². The molecule has 0 saturated heterocycles. The Hall–Kier alpha value is -2.96. The second-order valence-electron chi connectivity index (χ2n) is 5.47. The van der Waals surface area contributed by atoms with Crippen molar-refractivity contribution in [2.75, 3.05) is 4.90 Å². The Balaban J connectivity index is 1.75. The van der Waals surface area contributed by atoms with Gasteiger partial charge in [-0.3, -0.25) is 9.59 Å². The second-order valence-corrected chi connectivity index (χ2v) is 6.85. The molecule has 1 aliphatic heterocycles. The highest BCUT2D eigenvalue weighted by Crippen LogP contribution is 2.37. The van der Waals surface area contributed by atoms with Crippen molar-refractivity contribution >= 4 is 46.4 Å². The van der Waals surface area contributed by atoms with E-state index in [1.807, 2.05) is 0 Å². The Morgan fingerprint density at radius 2 is 1.65 bits per heavy atom. The minimum absolute atomic E-state index is 0.0855. The number of halogens is 1. The van der Waals surface area contributed by atoms with E-state index in [9.17, 15) is 14.4 Å². The van der Waals surface area contributed by atoms with Crippen molar-refractivity contribution in [1.82, 2.24) is 0 Å². The minimum Gasteiger partial charge on any atom is -0.420 e. The molecule has 7 heteroatoms. The zero-order chi connectivity index (χ0) is 18.3. The Labute approximate surface area is 157 Å². The number of thiophene rings is 1. The van der Waals surface area contributed by atoms with Crippen LogP contribution in [0.1, 0.15) is 30.4 Å². The van der Waals surface area contributed by atoms with E-state index >= 15 is 0 Å². The average molecular weight is 384 g/mol. The largest absolute Gasteiger partial charge is 0.420 e. The number of carbonyl (C=O) groups excluding carboxylic acids is 3. The number of esters is 1. The van der Waals surface area contributed by atoms with Crippen LogP contribution in [0.3, 0.4) is 0 Å². The summed E-state index contributed by atoms with van der Waals surface area (Å²) < 4.78 is 5.42. The van der Waals surface area contributed by atoms with Crippen LogP contribution in [0.4, 0.5) is 5.69 Å². The molecular weight excluding hydrogens is 374 g/mol. The summed E-state index contributed by atoms with van der Waals surface area (Å²) in [7, 11) is 0. The topological polar surface area (TPSA) is 63.7 Å². The van der Waals surface area contributed by atoms with Crippen molar-refractivity contribution in [1.29, 1.82) is 0 Å². The predicted molar refractivity (Wildman–Crippen MR) is 98.3 cm³/mol. The third kappa shape index (κ3) is 2.69. The van der Waals surface area contributed by atoms with E-state index in [0.717, 1.165) is 4.90 Å². The summed E-state index contributed by atoms with van der Waals surface area (Å²) in [5.74, 6) is -1.45. The van der Waals surface area contributed by atoms with Crippen LogP contribution in [0, 0.1) is 0 Å².